The molecule has 2 rings (SSSR count). The van der Waals surface area contributed by atoms with Gasteiger partial charge in [-0.15, -0.1) is 0 Å². The van der Waals surface area contributed by atoms with Crippen molar-refractivity contribution >= 4 is 17.2 Å². The van der Waals surface area contributed by atoms with Gasteiger partial charge < -0.3 is 10.5 Å². The zero-order chi connectivity index (χ0) is 13.0. The molecular formula is C14H18N2O2. The van der Waals surface area contributed by atoms with Crippen molar-refractivity contribution in [2.24, 2.45) is 5.92 Å². The second-order valence-corrected chi connectivity index (χ2v) is 4.43. The number of hydrogen-bond donors (Lipinski definition) is 1. The highest BCUT2D eigenvalue weighted by Gasteiger charge is 2.23. The lowest BCUT2D eigenvalue weighted by Crippen LogP contribution is -2.19. The molecule has 1 aliphatic rings. The third-order valence-corrected chi connectivity index (χ3v) is 3.14. The summed E-state index contributed by atoms with van der Waals surface area (Å²) in [4.78, 5) is 15.9. The first kappa shape index (κ1) is 12.6. The number of pyridine rings is 1. The Bertz CT molecular complexity index is 469. The van der Waals surface area contributed by atoms with Crippen LogP contribution in [0.4, 0.5) is 5.69 Å². The molecular weight excluding hydrogens is 228 g/mol. The Kier molecular flexibility index (Phi) is 3.97. The van der Waals surface area contributed by atoms with Gasteiger partial charge in [0.05, 0.1) is 18.2 Å². The second-order valence-electron chi connectivity index (χ2n) is 4.43. The first-order valence-electron chi connectivity index (χ1n) is 6.28. The molecule has 1 aliphatic carbocycles. The van der Waals surface area contributed by atoms with Crippen LogP contribution in [0, 0.1) is 5.92 Å². The predicted octanol–water partition coefficient (Wildman–Crippen LogP) is 2.41. The molecule has 1 unspecified atom stereocenters. The number of nitrogens with two attached hydrogens (primary N) is 1. The number of anilines is 1. The van der Waals surface area contributed by atoms with Gasteiger partial charge in [-0.1, -0.05) is 6.08 Å². The molecule has 1 aromatic heterocycles. The Morgan fingerprint density at radius 2 is 2.44 bits per heavy atom. The van der Waals surface area contributed by atoms with E-state index in [-0.39, 0.29) is 11.9 Å². The van der Waals surface area contributed by atoms with Crippen LogP contribution < -0.4 is 5.73 Å². The summed E-state index contributed by atoms with van der Waals surface area (Å²) in [6.45, 7) is 2.28. The van der Waals surface area contributed by atoms with Crippen LogP contribution in [-0.4, -0.2) is 17.6 Å². The monoisotopic (exact) mass is 246 g/mol. The maximum Gasteiger partial charge on any atom is 0.309 e. The standard InChI is InChI=1S/C14H18N2O2/c1-2-18-14(17)11-5-3-10(4-6-11)13-9-12(15)7-8-16-13/h3,7-9,11H,2,4-6H2,1H3,(H2,15,16). The summed E-state index contributed by atoms with van der Waals surface area (Å²) < 4.78 is 5.04. The Morgan fingerprint density at radius 3 is 3.06 bits per heavy atom. The molecule has 0 fully saturated rings. The van der Waals surface area contributed by atoms with Gasteiger partial charge in [0.15, 0.2) is 0 Å². The van der Waals surface area contributed by atoms with Crippen LogP contribution in [0.3, 0.4) is 0 Å². The summed E-state index contributed by atoms with van der Waals surface area (Å²) in [5.74, 6) is -0.0944. The van der Waals surface area contributed by atoms with E-state index in [2.05, 4.69) is 11.1 Å². The number of hydrogen-bond acceptors (Lipinski definition) is 4. The third kappa shape index (κ3) is 2.88. The van der Waals surface area contributed by atoms with Crippen molar-refractivity contribution in [3.05, 3.63) is 30.1 Å². The number of rotatable bonds is 3. The molecule has 0 amide bonds. The van der Waals surface area contributed by atoms with E-state index in [1.165, 1.54) is 5.57 Å². The third-order valence-electron chi connectivity index (χ3n) is 3.14. The van der Waals surface area contributed by atoms with Crippen LogP contribution in [0.25, 0.3) is 5.57 Å². The van der Waals surface area contributed by atoms with E-state index in [1.807, 2.05) is 13.0 Å². The number of esters is 1. The molecule has 4 nitrogen and oxygen atoms in total. The van der Waals surface area contributed by atoms with E-state index in [0.29, 0.717) is 12.3 Å². The first-order valence-corrected chi connectivity index (χ1v) is 6.28. The van der Waals surface area contributed by atoms with Crippen molar-refractivity contribution < 1.29 is 9.53 Å². The molecule has 18 heavy (non-hydrogen) atoms. The molecule has 1 heterocycles. The van der Waals surface area contributed by atoms with Gasteiger partial charge in [-0.25, -0.2) is 0 Å². The average molecular weight is 246 g/mol. The zero-order valence-corrected chi connectivity index (χ0v) is 10.6. The molecule has 0 radical (unpaired) electrons. The maximum atomic E-state index is 11.6. The summed E-state index contributed by atoms with van der Waals surface area (Å²) in [6.07, 6.45) is 6.18. The highest BCUT2D eigenvalue weighted by molar-refractivity contribution is 5.75. The summed E-state index contributed by atoms with van der Waals surface area (Å²) in [7, 11) is 0. The van der Waals surface area contributed by atoms with Crippen molar-refractivity contribution in [3.8, 4) is 0 Å². The van der Waals surface area contributed by atoms with Crippen molar-refractivity contribution in [1.82, 2.24) is 4.98 Å². The number of nitrogen functional groups attached to an aromatic ring is 1. The molecule has 4 heteroatoms. The zero-order valence-electron chi connectivity index (χ0n) is 10.6. The van der Waals surface area contributed by atoms with Gasteiger partial charge in [-0.2, -0.15) is 0 Å². The lowest BCUT2D eigenvalue weighted by Gasteiger charge is -2.20. The fourth-order valence-electron chi connectivity index (χ4n) is 2.16. The smallest absolute Gasteiger partial charge is 0.309 e. The predicted molar refractivity (Wildman–Crippen MR) is 70.6 cm³/mol. The number of aromatic nitrogens is 1. The van der Waals surface area contributed by atoms with Crippen molar-refractivity contribution in [2.75, 3.05) is 12.3 Å². The van der Waals surface area contributed by atoms with E-state index < -0.39 is 0 Å². The molecule has 0 saturated heterocycles. The molecule has 0 aromatic carbocycles. The molecule has 0 bridgehead atoms. The van der Waals surface area contributed by atoms with Crippen LogP contribution in [0.5, 0.6) is 0 Å². The molecule has 0 saturated carbocycles. The fourth-order valence-corrected chi connectivity index (χ4v) is 2.16. The van der Waals surface area contributed by atoms with E-state index >= 15 is 0 Å². The van der Waals surface area contributed by atoms with E-state index in [9.17, 15) is 4.79 Å². The highest BCUT2D eigenvalue weighted by atomic mass is 16.5. The normalized spacial score (nSPS) is 19.2. The van der Waals surface area contributed by atoms with Gasteiger partial charge in [-0.05, 0) is 43.9 Å². The molecule has 1 atom stereocenters. The first-order chi connectivity index (χ1) is 8.70. The van der Waals surface area contributed by atoms with Crippen LogP contribution in [0.2, 0.25) is 0 Å². The Hall–Kier alpha value is -1.84. The second kappa shape index (κ2) is 5.67. The van der Waals surface area contributed by atoms with Gasteiger partial charge in [0, 0.05) is 11.9 Å². The topological polar surface area (TPSA) is 65.2 Å². The number of nitrogens with zero attached hydrogens (tertiary/aromatic N) is 1. The molecule has 0 spiro atoms. The largest absolute Gasteiger partial charge is 0.466 e. The summed E-state index contributed by atoms with van der Waals surface area (Å²) >= 11 is 0. The number of carbonyl (C=O) groups is 1. The van der Waals surface area contributed by atoms with Gasteiger partial charge in [0.1, 0.15) is 0 Å². The highest BCUT2D eigenvalue weighted by Crippen LogP contribution is 2.30. The quantitative estimate of drug-likeness (QED) is 0.832. The van der Waals surface area contributed by atoms with E-state index in [1.54, 1.807) is 12.3 Å². The fraction of sp³-hybridized carbons (Fsp3) is 0.429. The summed E-state index contributed by atoms with van der Waals surface area (Å²) in [6, 6.07) is 3.64. The Morgan fingerprint density at radius 1 is 1.61 bits per heavy atom. The van der Waals surface area contributed by atoms with Crippen molar-refractivity contribution in [2.45, 2.75) is 26.2 Å². The molecule has 2 N–H and O–H groups in total. The Labute approximate surface area is 107 Å². The van der Waals surface area contributed by atoms with Crippen LogP contribution in [-0.2, 0) is 9.53 Å². The SMILES string of the molecule is CCOC(=O)C1CC=C(c2cc(N)ccn2)CC1. The lowest BCUT2D eigenvalue weighted by atomic mass is 9.88. The van der Waals surface area contributed by atoms with Gasteiger partial charge in [-0.3, -0.25) is 9.78 Å². The summed E-state index contributed by atoms with van der Waals surface area (Å²) in [5, 5.41) is 0. The van der Waals surface area contributed by atoms with E-state index in [0.717, 1.165) is 25.0 Å². The number of ether oxygens (including phenoxy) is 1. The van der Waals surface area contributed by atoms with Crippen molar-refractivity contribution in [1.29, 1.82) is 0 Å². The van der Waals surface area contributed by atoms with Crippen LogP contribution in [0.1, 0.15) is 31.9 Å². The Balaban J connectivity index is 2.05. The molecule has 1 aromatic rings. The van der Waals surface area contributed by atoms with Gasteiger partial charge in [0.2, 0.25) is 0 Å². The molecule has 0 aliphatic heterocycles. The van der Waals surface area contributed by atoms with Crippen LogP contribution in [0.15, 0.2) is 24.4 Å². The van der Waals surface area contributed by atoms with E-state index in [4.69, 9.17) is 10.5 Å². The average Bonchev–Trinajstić information content (AvgIpc) is 2.39. The minimum absolute atomic E-state index is 0.00485. The number of allylic oxidation sites excluding steroid dienone is 2. The minimum atomic E-state index is -0.0895. The number of carbonyl (C=O) groups excluding carboxylic acids is 1. The summed E-state index contributed by atoms with van der Waals surface area (Å²) in [5.41, 5.74) is 8.54. The van der Waals surface area contributed by atoms with Crippen LogP contribution >= 0.6 is 0 Å². The lowest BCUT2D eigenvalue weighted by molar-refractivity contribution is -0.148. The maximum absolute atomic E-state index is 11.6. The van der Waals surface area contributed by atoms with Crippen molar-refractivity contribution in [3.63, 3.8) is 0 Å². The molecule has 96 valence electrons. The minimum Gasteiger partial charge on any atom is -0.466 e. The van der Waals surface area contributed by atoms with Gasteiger partial charge >= 0.3 is 5.97 Å². The van der Waals surface area contributed by atoms with Gasteiger partial charge in [0.25, 0.3) is 0 Å².